The lowest BCUT2D eigenvalue weighted by atomic mass is 10.0. The lowest BCUT2D eigenvalue weighted by Crippen LogP contribution is -2.41. The van der Waals surface area contributed by atoms with Crippen LogP contribution in [0.25, 0.3) is 10.8 Å². The second kappa shape index (κ2) is 10.4. The molecular formula is C25H27N3O3. The molecule has 160 valence electrons. The second-order valence-electron chi connectivity index (χ2n) is 7.40. The van der Waals surface area contributed by atoms with Crippen LogP contribution in [0.4, 0.5) is 5.69 Å². The Balaban J connectivity index is 1.49. The molecule has 0 saturated heterocycles. The fourth-order valence-corrected chi connectivity index (χ4v) is 3.44. The van der Waals surface area contributed by atoms with Crippen molar-refractivity contribution < 1.29 is 14.4 Å². The molecule has 0 aliphatic carbocycles. The molecule has 0 unspecified atom stereocenters. The van der Waals surface area contributed by atoms with Gasteiger partial charge in [-0.05, 0) is 34.4 Å². The summed E-state index contributed by atoms with van der Waals surface area (Å²) in [5, 5.41) is 7.59. The van der Waals surface area contributed by atoms with Gasteiger partial charge in [0, 0.05) is 12.7 Å². The number of likely N-dealkylation sites (N-methyl/N-ethyl adjacent to an activating group) is 1. The number of hydrogen-bond donors (Lipinski definition) is 2. The number of carbonyl (C=O) groups is 3. The third-order valence-corrected chi connectivity index (χ3v) is 5.15. The van der Waals surface area contributed by atoms with Gasteiger partial charge < -0.3 is 15.5 Å². The van der Waals surface area contributed by atoms with Crippen LogP contribution < -0.4 is 10.6 Å². The molecule has 0 fully saturated rings. The van der Waals surface area contributed by atoms with Crippen molar-refractivity contribution in [3.05, 3.63) is 77.9 Å². The van der Waals surface area contributed by atoms with Gasteiger partial charge in [0.05, 0.1) is 19.5 Å². The molecular weight excluding hydrogens is 390 g/mol. The average molecular weight is 418 g/mol. The van der Waals surface area contributed by atoms with Gasteiger partial charge in [0.2, 0.25) is 17.7 Å². The van der Waals surface area contributed by atoms with Gasteiger partial charge in [-0.1, -0.05) is 67.6 Å². The molecule has 0 atom stereocenters. The highest BCUT2D eigenvalue weighted by molar-refractivity contribution is 5.96. The van der Waals surface area contributed by atoms with E-state index in [-0.39, 0.29) is 37.2 Å². The fraction of sp³-hybridized carbons (Fsp3) is 0.240. The predicted octanol–water partition coefficient (Wildman–Crippen LogP) is 3.16. The zero-order valence-corrected chi connectivity index (χ0v) is 17.9. The van der Waals surface area contributed by atoms with E-state index in [2.05, 4.69) is 10.6 Å². The van der Waals surface area contributed by atoms with Gasteiger partial charge in [0.25, 0.3) is 0 Å². The van der Waals surface area contributed by atoms with E-state index in [1.807, 2.05) is 73.7 Å². The van der Waals surface area contributed by atoms with Gasteiger partial charge in [-0.15, -0.1) is 0 Å². The van der Waals surface area contributed by atoms with Crippen LogP contribution in [0, 0.1) is 0 Å². The van der Waals surface area contributed by atoms with E-state index < -0.39 is 0 Å². The molecule has 3 rings (SSSR count). The van der Waals surface area contributed by atoms with Crippen LogP contribution in [0.5, 0.6) is 0 Å². The van der Waals surface area contributed by atoms with Gasteiger partial charge in [-0.2, -0.15) is 0 Å². The van der Waals surface area contributed by atoms with Crippen LogP contribution in [-0.2, 0) is 27.2 Å². The summed E-state index contributed by atoms with van der Waals surface area (Å²) in [7, 11) is 1.55. The first kappa shape index (κ1) is 22.0. The minimum Gasteiger partial charge on any atom is -0.347 e. The zero-order chi connectivity index (χ0) is 22.2. The largest absolute Gasteiger partial charge is 0.347 e. The Bertz CT molecular complexity index is 1090. The average Bonchev–Trinajstić information content (AvgIpc) is 2.78. The molecule has 3 aromatic rings. The number of aryl methyl sites for hydroxylation is 1. The van der Waals surface area contributed by atoms with E-state index in [1.165, 1.54) is 4.90 Å². The SMILES string of the molecule is CCc1ccccc1NC(=O)CN(C)C(=O)CNC(=O)Cc1cccc2ccccc12. The number of hydrogen-bond acceptors (Lipinski definition) is 3. The van der Waals surface area contributed by atoms with E-state index in [9.17, 15) is 14.4 Å². The van der Waals surface area contributed by atoms with E-state index in [4.69, 9.17) is 0 Å². The maximum atomic E-state index is 12.4. The Kier molecular flexibility index (Phi) is 7.38. The lowest BCUT2D eigenvalue weighted by molar-refractivity contribution is -0.134. The minimum absolute atomic E-state index is 0.0872. The number of carbonyl (C=O) groups excluding carboxylic acids is 3. The summed E-state index contributed by atoms with van der Waals surface area (Å²) < 4.78 is 0. The summed E-state index contributed by atoms with van der Waals surface area (Å²) in [5.41, 5.74) is 2.69. The normalized spacial score (nSPS) is 10.5. The first-order chi connectivity index (χ1) is 15.0. The predicted molar refractivity (Wildman–Crippen MR) is 123 cm³/mol. The maximum Gasteiger partial charge on any atom is 0.243 e. The summed E-state index contributed by atoms with van der Waals surface area (Å²) in [6.45, 7) is 1.77. The molecule has 3 amide bonds. The van der Waals surface area contributed by atoms with Crippen LogP contribution in [0.2, 0.25) is 0 Å². The van der Waals surface area contributed by atoms with Crippen molar-refractivity contribution in [3.63, 3.8) is 0 Å². The van der Waals surface area contributed by atoms with Crippen molar-refractivity contribution in [2.75, 3.05) is 25.5 Å². The number of benzene rings is 3. The van der Waals surface area contributed by atoms with Gasteiger partial charge in [0.1, 0.15) is 0 Å². The molecule has 0 saturated carbocycles. The molecule has 0 aromatic heterocycles. The molecule has 31 heavy (non-hydrogen) atoms. The van der Waals surface area contributed by atoms with E-state index in [1.54, 1.807) is 7.05 Å². The highest BCUT2D eigenvalue weighted by Gasteiger charge is 2.15. The third-order valence-electron chi connectivity index (χ3n) is 5.15. The topological polar surface area (TPSA) is 78.5 Å². The van der Waals surface area contributed by atoms with Crippen molar-refractivity contribution in [2.45, 2.75) is 19.8 Å². The molecule has 6 heteroatoms. The van der Waals surface area contributed by atoms with Gasteiger partial charge in [-0.3, -0.25) is 14.4 Å². The summed E-state index contributed by atoms with van der Waals surface area (Å²) in [6, 6.07) is 21.3. The van der Waals surface area contributed by atoms with E-state index >= 15 is 0 Å². The molecule has 0 bridgehead atoms. The second-order valence-corrected chi connectivity index (χ2v) is 7.40. The molecule has 0 radical (unpaired) electrons. The molecule has 0 aliphatic heterocycles. The number of fused-ring (bicyclic) bond motifs is 1. The Morgan fingerprint density at radius 3 is 2.32 bits per heavy atom. The molecule has 2 N–H and O–H groups in total. The standard InChI is InChI=1S/C25H27N3O3/c1-3-18-9-5-7-14-22(18)27-24(30)17-28(2)25(31)16-26-23(29)15-20-12-8-11-19-10-4-6-13-21(19)20/h4-14H,3,15-17H2,1-2H3,(H,26,29)(H,27,30). The lowest BCUT2D eigenvalue weighted by Gasteiger charge is -2.18. The highest BCUT2D eigenvalue weighted by Crippen LogP contribution is 2.19. The number of nitrogens with one attached hydrogen (secondary N) is 2. The molecule has 6 nitrogen and oxygen atoms in total. The fourth-order valence-electron chi connectivity index (χ4n) is 3.44. The van der Waals surface area contributed by atoms with Crippen LogP contribution in [0.15, 0.2) is 66.7 Å². The first-order valence-corrected chi connectivity index (χ1v) is 10.3. The smallest absolute Gasteiger partial charge is 0.243 e. The molecule has 0 heterocycles. The Morgan fingerprint density at radius 1 is 0.839 bits per heavy atom. The number of amides is 3. The quantitative estimate of drug-likeness (QED) is 0.591. The van der Waals surface area contributed by atoms with Gasteiger partial charge >= 0.3 is 0 Å². The van der Waals surface area contributed by atoms with Crippen molar-refractivity contribution in [1.29, 1.82) is 0 Å². The van der Waals surface area contributed by atoms with Crippen molar-refractivity contribution in [3.8, 4) is 0 Å². The third kappa shape index (κ3) is 5.92. The number of rotatable bonds is 8. The Hall–Kier alpha value is -3.67. The van der Waals surface area contributed by atoms with Crippen LogP contribution in [0.1, 0.15) is 18.1 Å². The first-order valence-electron chi connectivity index (χ1n) is 10.3. The highest BCUT2D eigenvalue weighted by atomic mass is 16.2. The van der Waals surface area contributed by atoms with Crippen molar-refractivity contribution in [2.24, 2.45) is 0 Å². The number of nitrogens with zero attached hydrogens (tertiary/aromatic N) is 1. The Morgan fingerprint density at radius 2 is 1.52 bits per heavy atom. The summed E-state index contributed by atoms with van der Waals surface area (Å²) >= 11 is 0. The zero-order valence-electron chi connectivity index (χ0n) is 17.9. The van der Waals surface area contributed by atoms with Crippen molar-refractivity contribution in [1.82, 2.24) is 10.2 Å². The van der Waals surface area contributed by atoms with Crippen LogP contribution >= 0.6 is 0 Å². The van der Waals surface area contributed by atoms with E-state index in [0.717, 1.165) is 34.0 Å². The van der Waals surface area contributed by atoms with Gasteiger partial charge in [-0.25, -0.2) is 0 Å². The molecule has 0 aliphatic rings. The summed E-state index contributed by atoms with van der Waals surface area (Å²) in [6.07, 6.45) is 0.987. The minimum atomic E-state index is -0.329. The number of para-hydroxylation sites is 1. The molecule has 0 spiro atoms. The van der Waals surface area contributed by atoms with Crippen LogP contribution in [-0.4, -0.2) is 42.8 Å². The van der Waals surface area contributed by atoms with Gasteiger partial charge in [0.15, 0.2) is 0 Å². The monoisotopic (exact) mass is 417 g/mol. The summed E-state index contributed by atoms with van der Waals surface area (Å²) in [4.78, 5) is 38.3. The van der Waals surface area contributed by atoms with E-state index in [0.29, 0.717) is 0 Å². The Labute approximate surface area is 182 Å². The number of anilines is 1. The summed E-state index contributed by atoms with van der Waals surface area (Å²) in [5.74, 6) is -0.844. The maximum absolute atomic E-state index is 12.4. The van der Waals surface area contributed by atoms with Crippen molar-refractivity contribution >= 4 is 34.2 Å². The van der Waals surface area contributed by atoms with Crippen LogP contribution in [0.3, 0.4) is 0 Å². The molecule has 3 aromatic carbocycles.